The first-order valence-electron chi connectivity index (χ1n) is 6.92. The van der Waals surface area contributed by atoms with E-state index >= 15 is 0 Å². The van der Waals surface area contributed by atoms with Crippen LogP contribution in [-0.4, -0.2) is 45.7 Å². The molecule has 0 rings (SSSR count). The Morgan fingerprint density at radius 3 is 1.76 bits per heavy atom. The molecular formula is C13H26N2O2S4. The van der Waals surface area contributed by atoms with Crippen molar-refractivity contribution in [2.45, 2.75) is 56.7 Å². The Balaban J connectivity index is 4.32. The number of hydrogen-bond donors (Lipinski definition) is 4. The Morgan fingerprint density at radius 2 is 1.43 bits per heavy atom. The van der Waals surface area contributed by atoms with E-state index in [9.17, 15) is 9.59 Å². The minimum absolute atomic E-state index is 0.0928. The van der Waals surface area contributed by atoms with Crippen LogP contribution >= 0.6 is 49.2 Å². The van der Waals surface area contributed by atoms with E-state index in [4.69, 9.17) is 0 Å². The number of thiol groups is 2. The maximum atomic E-state index is 11.4. The predicted octanol–water partition coefficient (Wildman–Crippen LogP) is 2.40. The lowest BCUT2D eigenvalue weighted by Crippen LogP contribution is -2.37. The molecule has 0 bridgehead atoms. The SMILES string of the molecule is CCC(SN[C@@H](CS)C(C)=O)C(C)SN[C@@H](CS)C(C)=O. The van der Waals surface area contributed by atoms with Gasteiger partial charge in [0, 0.05) is 22.0 Å². The molecule has 0 heterocycles. The molecule has 0 aliphatic heterocycles. The van der Waals surface area contributed by atoms with Crippen LogP contribution < -0.4 is 9.44 Å². The van der Waals surface area contributed by atoms with Crippen LogP contribution in [0.25, 0.3) is 0 Å². The molecule has 0 saturated heterocycles. The standard InChI is InChI=1S/C13H26N2O2S4/c1-5-13(21-15-12(7-19)9(3)17)10(4)20-14-11(6-18)8(2)16/h10-15,18-19H,5-7H2,1-4H3/t10?,11-,12-,13?/m0/s1. The van der Waals surface area contributed by atoms with Crippen LogP contribution in [0.1, 0.15) is 34.1 Å². The molecule has 124 valence electrons. The Labute approximate surface area is 147 Å². The van der Waals surface area contributed by atoms with E-state index in [1.54, 1.807) is 37.7 Å². The van der Waals surface area contributed by atoms with Gasteiger partial charge in [0.15, 0.2) is 0 Å². The fraction of sp³-hybridized carbons (Fsp3) is 0.846. The van der Waals surface area contributed by atoms with E-state index in [0.29, 0.717) is 22.0 Å². The zero-order valence-corrected chi connectivity index (χ0v) is 16.4. The van der Waals surface area contributed by atoms with E-state index in [1.807, 2.05) is 0 Å². The van der Waals surface area contributed by atoms with Gasteiger partial charge in [-0.3, -0.25) is 19.0 Å². The molecule has 8 heteroatoms. The predicted molar refractivity (Wildman–Crippen MR) is 102 cm³/mol. The van der Waals surface area contributed by atoms with Crippen LogP contribution in [0.2, 0.25) is 0 Å². The Kier molecular flexibility index (Phi) is 12.5. The van der Waals surface area contributed by atoms with E-state index in [1.165, 1.54) is 0 Å². The molecule has 0 fully saturated rings. The molecule has 0 amide bonds. The minimum Gasteiger partial charge on any atom is -0.298 e. The van der Waals surface area contributed by atoms with Gasteiger partial charge in [-0.1, -0.05) is 37.7 Å². The quantitative estimate of drug-likeness (QED) is 0.313. The fourth-order valence-electron chi connectivity index (χ4n) is 1.44. The van der Waals surface area contributed by atoms with Gasteiger partial charge in [-0.25, -0.2) is 0 Å². The summed E-state index contributed by atoms with van der Waals surface area (Å²) in [4.78, 5) is 22.8. The first kappa shape index (κ1) is 21.7. The van der Waals surface area contributed by atoms with Crippen molar-refractivity contribution in [3.05, 3.63) is 0 Å². The summed E-state index contributed by atoms with van der Waals surface area (Å²) in [6.45, 7) is 7.36. The third-order valence-electron chi connectivity index (χ3n) is 3.03. The lowest BCUT2D eigenvalue weighted by Gasteiger charge is -2.25. The summed E-state index contributed by atoms with van der Waals surface area (Å²) in [5.41, 5.74) is 0. The highest BCUT2D eigenvalue weighted by Crippen LogP contribution is 2.24. The molecule has 4 atom stereocenters. The average molecular weight is 371 g/mol. The molecule has 0 radical (unpaired) electrons. The van der Waals surface area contributed by atoms with Gasteiger partial charge in [0.25, 0.3) is 0 Å². The third kappa shape index (κ3) is 8.76. The third-order valence-corrected chi connectivity index (χ3v) is 6.52. The van der Waals surface area contributed by atoms with Gasteiger partial charge in [-0.05, 0) is 20.3 Å². The summed E-state index contributed by atoms with van der Waals surface area (Å²) in [7, 11) is 0. The number of rotatable bonds is 12. The van der Waals surface area contributed by atoms with Crippen LogP contribution in [0.15, 0.2) is 0 Å². The molecular weight excluding hydrogens is 344 g/mol. The zero-order chi connectivity index (χ0) is 16.4. The van der Waals surface area contributed by atoms with Gasteiger partial charge < -0.3 is 0 Å². The van der Waals surface area contributed by atoms with Crippen molar-refractivity contribution in [1.82, 2.24) is 9.44 Å². The van der Waals surface area contributed by atoms with Crippen LogP contribution in [0, 0.1) is 0 Å². The van der Waals surface area contributed by atoms with Crippen molar-refractivity contribution >= 4 is 60.7 Å². The van der Waals surface area contributed by atoms with Crippen LogP contribution in [-0.2, 0) is 9.59 Å². The number of carbonyl (C=O) groups excluding carboxylic acids is 2. The van der Waals surface area contributed by atoms with E-state index in [-0.39, 0.29) is 23.7 Å². The second-order valence-corrected chi connectivity index (χ2v) is 7.84. The number of nitrogens with one attached hydrogen (secondary N) is 2. The Hall–Kier alpha value is 0.660. The van der Waals surface area contributed by atoms with Gasteiger partial charge in [0.05, 0.1) is 12.1 Å². The van der Waals surface area contributed by atoms with Crippen LogP contribution in [0.4, 0.5) is 0 Å². The fourth-order valence-corrected chi connectivity index (χ4v) is 4.64. The minimum atomic E-state index is -0.223. The molecule has 0 aromatic heterocycles. The van der Waals surface area contributed by atoms with Gasteiger partial charge in [0.2, 0.25) is 0 Å². The molecule has 2 unspecified atom stereocenters. The number of ketones is 2. The topological polar surface area (TPSA) is 58.2 Å². The maximum Gasteiger partial charge on any atom is 0.148 e. The van der Waals surface area contributed by atoms with E-state index < -0.39 is 0 Å². The molecule has 0 aromatic carbocycles. The summed E-state index contributed by atoms with van der Waals surface area (Å²) >= 11 is 11.5. The highest BCUT2D eigenvalue weighted by molar-refractivity contribution is 8.02. The maximum absolute atomic E-state index is 11.4. The highest BCUT2D eigenvalue weighted by atomic mass is 32.2. The molecule has 0 spiro atoms. The zero-order valence-electron chi connectivity index (χ0n) is 13.0. The summed E-state index contributed by atoms with van der Waals surface area (Å²) < 4.78 is 6.37. The molecule has 4 nitrogen and oxygen atoms in total. The van der Waals surface area contributed by atoms with Crippen molar-refractivity contribution in [1.29, 1.82) is 0 Å². The summed E-state index contributed by atoms with van der Waals surface area (Å²) in [6.07, 6.45) is 0.969. The second kappa shape index (κ2) is 12.1. The number of hydrogen-bond acceptors (Lipinski definition) is 8. The van der Waals surface area contributed by atoms with Crippen LogP contribution in [0.5, 0.6) is 0 Å². The second-order valence-electron chi connectivity index (χ2n) is 4.81. The van der Waals surface area contributed by atoms with Crippen molar-refractivity contribution in [3.63, 3.8) is 0 Å². The molecule has 0 aliphatic rings. The van der Waals surface area contributed by atoms with Gasteiger partial charge in [-0.15, -0.1) is 0 Å². The summed E-state index contributed by atoms with van der Waals surface area (Å²) in [5, 5.41) is 0.624. The Bertz CT molecular complexity index is 331. The normalized spacial score (nSPS) is 17.0. The monoisotopic (exact) mass is 370 g/mol. The van der Waals surface area contributed by atoms with Crippen LogP contribution in [0.3, 0.4) is 0 Å². The first-order chi connectivity index (χ1) is 9.87. The van der Waals surface area contributed by atoms with Gasteiger partial charge in [-0.2, -0.15) is 25.3 Å². The summed E-state index contributed by atoms with van der Waals surface area (Å²) in [5.74, 6) is 1.17. The lowest BCUT2D eigenvalue weighted by molar-refractivity contribution is -0.118. The van der Waals surface area contributed by atoms with Crippen molar-refractivity contribution in [2.75, 3.05) is 11.5 Å². The van der Waals surface area contributed by atoms with Crippen molar-refractivity contribution < 1.29 is 9.59 Å². The molecule has 0 aromatic rings. The molecule has 2 N–H and O–H groups in total. The number of carbonyl (C=O) groups is 2. The largest absolute Gasteiger partial charge is 0.298 e. The molecule has 0 saturated carbocycles. The van der Waals surface area contributed by atoms with Gasteiger partial charge >= 0.3 is 0 Å². The van der Waals surface area contributed by atoms with Crippen molar-refractivity contribution in [2.24, 2.45) is 0 Å². The van der Waals surface area contributed by atoms with E-state index in [0.717, 1.165) is 6.42 Å². The molecule has 0 aliphatic carbocycles. The smallest absolute Gasteiger partial charge is 0.148 e. The van der Waals surface area contributed by atoms with Crippen molar-refractivity contribution in [3.8, 4) is 0 Å². The summed E-state index contributed by atoms with van der Waals surface area (Å²) in [6, 6.07) is -0.446. The van der Waals surface area contributed by atoms with E-state index in [2.05, 4.69) is 48.5 Å². The molecule has 21 heavy (non-hydrogen) atoms. The number of Topliss-reactive ketones (excluding diaryl/α,β-unsaturated/α-hetero) is 2. The lowest BCUT2D eigenvalue weighted by atomic mass is 10.2. The average Bonchev–Trinajstić information content (AvgIpc) is 2.43. The van der Waals surface area contributed by atoms with Gasteiger partial charge in [0.1, 0.15) is 11.6 Å². The first-order valence-corrected chi connectivity index (χ1v) is 9.94. The Morgan fingerprint density at radius 1 is 1.00 bits per heavy atom. The highest BCUT2D eigenvalue weighted by Gasteiger charge is 2.22.